The summed E-state index contributed by atoms with van der Waals surface area (Å²) < 4.78 is 26.2. The molecule has 0 bridgehead atoms. The Balaban J connectivity index is 1.71. The fourth-order valence-electron chi connectivity index (χ4n) is 3.06. The highest BCUT2D eigenvalue weighted by molar-refractivity contribution is 5.94. The summed E-state index contributed by atoms with van der Waals surface area (Å²) in [6, 6.07) is 3.70. The summed E-state index contributed by atoms with van der Waals surface area (Å²) in [5.74, 6) is -1.72. The van der Waals surface area contributed by atoms with Gasteiger partial charge in [-0.05, 0) is 37.8 Å². The molecule has 1 aromatic carbocycles. The van der Waals surface area contributed by atoms with Crippen LogP contribution in [-0.2, 0) is 0 Å². The van der Waals surface area contributed by atoms with Crippen LogP contribution in [0.5, 0.6) is 0 Å². The Morgan fingerprint density at radius 2 is 2.00 bits per heavy atom. The lowest BCUT2D eigenvalue weighted by Gasteiger charge is -2.35. The van der Waals surface area contributed by atoms with Gasteiger partial charge < -0.3 is 10.2 Å². The Kier molecular flexibility index (Phi) is 5.21. The van der Waals surface area contributed by atoms with E-state index >= 15 is 0 Å². The van der Waals surface area contributed by atoms with E-state index < -0.39 is 11.6 Å². The van der Waals surface area contributed by atoms with Crippen LogP contribution in [0, 0.1) is 11.6 Å². The number of carbonyl (C=O) groups is 1. The van der Waals surface area contributed by atoms with Crippen molar-refractivity contribution < 1.29 is 13.6 Å². The van der Waals surface area contributed by atoms with Gasteiger partial charge in [0.15, 0.2) is 11.6 Å². The lowest BCUT2D eigenvalue weighted by molar-refractivity contribution is 0.0607. The highest BCUT2D eigenvalue weighted by atomic mass is 19.2. The monoisotopic (exact) mass is 346 g/mol. The van der Waals surface area contributed by atoms with Gasteiger partial charge in [0.2, 0.25) is 5.95 Å². The fourth-order valence-corrected chi connectivity index (χ4v) is 3.06. The average Bonchev–Trinajstić information content (AvgIpc) is 2.65. The van der Waals surface area contributed by atoms with Crippen LogP contribution in [0.1, 0.15) is 43.0 Å². The van der Waals surface area contributed by atoms with Crippen molar-refractivity contribution in [1.82, 2.24) is 14.9 Å². The van der Waals surface area contributed by atoms with E-state index in [1.165, 1.54) is 18.5 Å². The molecule has 2 aromatic rings. The van der Waals surface area contributed by atoms with E-state index in [0.29, 0.717) is 11.3 Å². The van der Waals surface area contributed by atoms with Gasteiger partial charge >= 0.3 is 0 Å². The van der Waals surface area contributed by atoms with Crippen LogP contribution in [0.4, 0.5) is 20.4 Å². The molecular weight excluding hydrogens is 326 g/mol. The molecule has 1 aliphatic rings. The van der Waals surface area contributed by atoms with Gasteiger partial charge in [-0.25, -0.2) is 18.7 Å². The molecule has 3 rings (SSSR count). The molecule has 0 spiro atoms. The van der Waals surface area contributed by atoms with Gasteiger partial charge in [0, 0.05) is 36.7 Å². The maximum Gasteiger partial charge on any atom is 0.257 e. The SMILES string of the molecule is CCC1CCCCN1C(=O)c1cnc(Nc2ccc(F)c(F)c2)nc1. The third kappa shape index (κ3) is 3.92. The Morgan fingerprint density at radius 3 is 2.68 bits per heavy atom. The first-order chi connectivity index (χ1) is 12.1. The van der Waals surface area contributed by atoms with Crippen LogP contribution in [-0.4, -0.2) is 33.4 Å². The highest BCUT2D eigenvalue weighted by Gasteiger charge is 2.26. The number of rotatable bonds is 4. The molecule has 5 nitrogen and oxygen atoms in total. The summed E-state index contributed by atoms with van der Waals surface area (Å²) in [6.07, 6.45) is 7.04. The summed E-state index contributed by atoms with van der Waals surface area (Å²) in [6.45, 7) is 2.84. The van der Waals surface area contributed by atoms with Crippen molar-refractivity contribution in [3.63, 3.8) is 0 Å². The molecule has 1 atom stereocenters. The smallest absolute Gasteiger partial charge is 0.257 e. The topological polar surface area (TPSA) is 58.1 Å². The first-order valence-corrected chi connectivity index (χ1v) is 8.43. The Bertz CT molecular complexity index is 751. The molecule has 1 unspecified atom stereocenters. The summed E-state index contributed by atoms with van der Waals surface area (Å²) >= 11 is 0. The van der Waals surface area contributed by atoms with Crippen molar-refractivity contribution in [2.75, 3.05) is 11.9 Å². The lowest BCUT2D eigenvalue weighted by atomic mass is 9.99. The number of hydrogen-bond donors (Lipinski definition) is 1. The second-order valence-electron chi connectivity index (χ2n) is 6.11. The van der Waals surface area contributed by atoms with Crippen molar-refractivity contribution in [2.45, 2.75) is 38.6 Å². The number of carbonyl (C=O) groups excluding carboxylic acids is 1. The maximum absolute atomic E-state index is 13.2. The molecule has 1 fully saturated rings. The molecule has 25 heavy (non-hydrogen) atoms. The van der Waals surface area contributed by atoms with Crippen LogP contribution in [0.15, 0.2) is 30.6 Å². The summed E-state index contributed by atoms with van der Waals surface area (Å²) in [5.41, 5.74) is 0.760. The Labute approximate surface area is 145 Å². The lowest BCUT2D eigenvalue weighted by Crippen LogP contribution is -2.43. The van der Waals surface area contributed by atoms with Crippen LogP contribution in [0.2, 0.25) is 0 Å². The van der Waals surface area contributed by atoms with E-state index in [-0.39, 0.29) is 17.9 Å². The summed E-state index contributed by atoms with van der Waals surface area (Å²) in [5, 5.41) is 2.78. The molecule has 0 aliphatic carbocycles. The molecule has 2 heterocycles. The van der Waals surface area contributed by atoms with E-state index in [1.807, 2.05) is 4.90 Å². The number of aromatic nitrogens is 2. The maximum atomic E-state index is 13.2. The number of likely N-dealkylation sites (tertiary alicyclic amines) is 1. The summed E-state index contributed by atoms with van der Waals surface area (Å²) in [7, 11) is 0. The minimum atomic E-state index is -0.951. The molecule has 0 saturated carbocycles. The highest BCUT2D eigenvalue weighted by Crippen LogP contribution is 2.22. The number of nitrogens with zero attached hydrogens (tertiary/aromatic N) is 3. The number of hydrogen-bond acceptors (Lipinski definition) is 4. The van der Waals surface area contributed by atoms with Crippen LogP contribution < -0.4 is 5.32 Å². The van der Waals surface area contributed by atoms with Crippen molar-refractivity contribution in [2.24, 2.45) is 0 Å². The van der Waals surface area contributed by atoms with E-state index in [0.717, 1.165) is 44.4 Å². The van der Waals surface area contributed by atoms with Crippen molar-refractivity contribution in [1.29, 1.82) is 0 Å². The van der Waals surface area contributed by atoms with Gasteiger partial charge in [0.25, 0.3) is 5.91 Å². The van der Waals surface area contributed by atoms with E-state index in [2.05, 4.69) is 22.2 Å². The van der Waals surface area contributed by atoms with Crippen molar-refractivity contribution >= 4 is 17.5 Å². The zero-order valence-electron chi connectivity index (χ0n) is 14.0. The first-order valence-electron chi connectivity index (χ1n) is 8.43. The molecule has 1 aliphatic heterocycles. The molecule has 0 radical (unpaired) electrons. The molecule has 1 aromatic heterocycles. The molecule has 1 saturated heterocycles. The standard InChI is InChI=1S/C18H20F2N4O/c1-2-14-5-3-4-8-24(14)17(25)12-10-21-18(22-11-12)23-13-6-7-15(19)16(20)9-13/h6-7,9-11,14H,2-5,8H2,1H3,(H,21,22,23). The number of amides is 1. The van der Waals surface area contributed by atoms with E-state index in [9.17, 15) is 13.6 Å². The number of halogens is 2. The normalized spacial score (nSPS) is 17.4. The van der Waals surface area contributed by atoms with Crippen LogP contribution >= 0.6 is 0 Å². The van der Waals surface area contributed by atoms with E-state index in [4.69, 9.17) is 0 Å². The van der Waals surface area contributed by atoms with Crippen LogP contribution in [0.25, 0.3) is 0 Å². The fraction of sp³-hybridized carbons (Fsp3) is 0.389. The number of anilines is 2. The quantitative estimate of drug-likeness (QED) is 0.912. The van der Waals surface area contributed by atoms with Crippen molar-refractivity contribution in [3.8, 4) is 0 Å². The van der Waals surface area contributed by atoms with Crippen molar-refractivity contribution in [3.05, 3.63) is 47.8 Å². The number of piperidine rings is 1. The predicted octanol–water partition coefficient (Wildman–Crippen LogP) is 3.90. The van der Waals surface area contributed by atoms with Gasteiger partial charge in [0.05, 0.1) is 5.56 Å². The zero-order chi connectivity index (χ0) is 17.8. The molecule has 132 valence electrons. The number of benzene rings is 1. The number of nitrogens with one attached hydrogen (secondary N) is 1. The van der Waals surface area contributed by atoms with Gasteiger partial charge in [-0.15, -0.1) is 0 Å². The predicted molar refractivity (Wildman–Crippen MR) is 90.6 cm³/mol. The minimum Gasteiger partial charge on any atom is -0.336 e. The van der Waals surface area contributed by atoms with E-state index in [1.54, 1.807) is 0 Å². The second-order valence-corrected chi connectivity index (χ2v) is 6.11. The molecule has 7 heteroatoms. The van der Waals surface area contributed by atoms with Gasteiger partial charge in [-0.2, -0.15) is 0 Å². The average molecular weight is 346 g/mol. The Hall–Kier alpha value is -2.57. The zero-order valence-corrected chi connectivity index (χ0v) is 14.0. The van der Waals surface area contributed by atoms with Gasteiger partial charge in [0.1, 0.15) is 0 Å². The van der Waals surface area contributed by atoms with Gasteiger partial charge in [-0.3, -0.25) is 4.79 Å². The largest absolute Gasteiger partial charge is 0.336 e. The Morgan fingerprint density at radius 1 is 1.24 bits per heavy atom. The van der Waals surface area contributed by atoms with Gasteiger partial charge in [-0.1, -0.05) is 6.92 Å². The first kappa shape index (κ1) is 17.3. The summed E-state index contributed by atoms with van der Waals surface area (Å²) in [4.78, 5) is 22.8. The third-order valence-corrected chi connectivity index (χ3v) is 4.43. The van der Waals surface area contributed by atoms with Crippen LogP contribution in [0.3, 0.4) is 0 Å². The molecular formula is C18H20F2N4O. The second kappa shape index (κ2) is 7.55. The molecule has 1 N–H and O–H groups in total. The third-order valence-electron chi connectivity index (χ3n) is 4.43. The minimum absolute atomic E-state index is 0.0640. The molecule has 1 amide bonds.